The van der Waals surface area contributed by atoms with E-state index >= 15 is 0 Å². The van der Waals surface area contributed by atoms with Crippen molar-refractivity contribution in [3.8, 4) is 0 Å². The minimum Gasteiger partial charge on any atom is -0.340 e. The maximum absolute atomic E-state index is 4.90. The number of rotatable bonds is 4. The Morgan fingerprint density at radius 2 is 2.44 bits per heavy atom. The van der Waals surface area contributed by atoms with Gasteiger partial charge in [0, 0.05) is 22.3 Å². The first-order valence-corrected chi connectivity index (χ1v) is 6.59. The number of nitrogens with zero attached hydrogens (tertiary/aromatic N) is 2. The van der Waals surface area contributed by atoms with Crippen LogP contribution in [-0.4, -0.2) is 10.1 Å². The van der Waals surface area contributed by atoms with Crippen LogP contribution in [0.15, 0.2) is 20.4 Å². The van der Waals surface area contributed by atoms with Gasteiger partial charge in [0.15, 0.2) is 5.82 Å². The third-order valence-corrected chi connectivity index (χ3v) is 4.23. The van der Waals surface area contributed by atoms with Crippen molar-refractivity contribution in [1.29, 1.82) is 0 Å². The van der Waals surface area contributed by atoms with E-state index in [4.69, 9.17) is 4.52 Å². The van der Waals surface area contributed by atoms with E-state index in [0.717, 1.165) is 4.47 Å². The van der Waals surface area contributed by atoms with Gasteiger partial charge in [0.1, 0.15) is 0 Å². The average molecular weight is 302 g/mol. The molecule has 2 aromatic rings. The van der Waals surface area contributed by atoms with Crippen LogP contribution >= 0.6 is 27.3 Å². The van der Waals surface area contributed by atoms with E-state index in [9.17, 15) is 0 Å². The molecule has 0 aliphatic carbocycles. The van der Waals surface area contributed by atoms with Crippen LogP contribution in [-0.2, 0) is 6.54 Å². The Hall–Kier alpha value is -0.720. The van der Waals surface area contributed by atoms with E-state index in [1.54, 1.807) is 18.3 Å². The minimum atomic E-state index is 0.271. The van der Waals surface area contributed by atoms with Crippen molar-refractivity contribution in [2.75, 3.05) is 0 Å². The van der Waals surface area contributed by atoms with Gasteiger partial charge in [-0.05, 0) is 34.3 Å². The predicted octanol–water partition coefficient (Wildman–Crippen LogP) is 3.05. The number of thiophene rings is 1. The molecule has 0 saturated carbocycles. The van der Waals surface area contributed by atoms with Gasteiger partial charge in [0.2, 0.25) is 5.89 Å². The predicted molar refractivity (Wildman–Crippen MR) is 66.3 cm³/mol. The zero-order valence-corrected chi connectivity index (χ0v) is 11.4. The third kappa shape index (κ3) is 2.69. The van der Waals surface area contributed by atoms with Crippen molar-refractivity contribution >= 4 is 27.3 Å². The fourth-order valence-electron chi connectivity index (χ4n) is 1.36. The van der Waals surface area contributed by atoms with Crippen LogP contribution in [0.1, 0.15) is 29.6 Å². The van der Waals surface area contributed by atoms with Crippen LogP contribution < -0.4 is 5.32 Å². The van der Waals surface area contributed by atoms with Crippen molar-refractivity contribution in [3.05, 3.63) is 32.5 Å². The highest BCUT2D eigenvalue weighted by molar-refractivity contribution is 9.10. The molecule has 0 aromatic carbocycles. The fraction of sp³-hybridized carbons (Fsp3) is 0.400. The fourth-order valence-corrected chi connectivity index (χ4v) is 3.11. The summed E-state index contributed by atoms with van der Waals surface area (Å²) in [5.74, 6) is 1.29. The van der Waals surface area contributed by atoms with E-state index in [-0.39, 0.29) is 6.04 Å². The summed E-state index contributed by atoms with van der Waals surface area (Å²) in [5.41, 5.74) is 0. The maximum atomic E-state index is 4.90. The summed E-state index contributed by atoms with van der Waals surface area (Å²) in [6, 6.07) is 2.32. The summed E-state index contributed by atoms with van der Waals surface area (Å²) in [6.07, 6.45) is 0. The van der Waals surface area contributed by atoms with E-state index in [1.165, 1.54) is 4.88 Å². The van der Waals surface area contributed by atoms with Crippen LogP contribution in [0.2, 0.25) is 0 Å². The first-order valence-electron chi connectivity index (χ1n) is 4.92. The molecule has 0 bridgehead atoms. The Bertz CT molecular complexity index is 468. The lowest BCUT2D eigenvalue weighted by Crippen LogP contribution is -2.18. The minimum absolute atomic E-state index is 0.271. The molecule has 2 rings (SSSR count). The number of nitrogens with one attached hydrogen (secondary N) is 1. The van der Waals surface area contributed by atoms with Gasteiger partial charge in [-0.3, -0.25) is 0 Å². The molecule has 16 heavy (non-hydrogen) atoms. The number of aryl methyl sites for hydroxylation is 1. The van der Waals surface area contributed by atoms with Crippen molar-refractivity contribution in [3.63, 3.8) is 0 Å². The van der Waals surface area contributed by atoms with Crippen molar-refractivity contribution < 1.29 is 4.52 Å². The Balaban J connectivity index is 1.93. The number of halogens is 1. The number of aromatic nitrogens is 2. The zero-order valence-electron chi connectivity index (χ0n) is 9.03. The summed E-state index contributed by atoms with van der Waals surface area (Å²) < 4.78 is 6.04. The van der Waals surface area contributed by atoms with Gasteiger partial charge in [-0.1, -0.05) is 5.16 Å². The standard InChI is InChI=1S/C10H12BrN3OS/c1-6(10-8(11)3-4-16-10)12-5-9-13-7(2)15-14-9/h3-4,6,12H,5H2,1-2H3. The molecule has 2 aromatic heterocycles. The van der Waals surface area contributed by atoms with Crippen molar-refractivity contribution in [1.82, 2.24) is 15.5 Å². The lowest BCUT2D eigenvalue weighted by molar-refractivity contribution is 0.384. The Labute approximate surface area is 106 Å². The molecular weight excluding hydrogens is 290 g/mol. The van der Waals surface area contributed by atoms with Gasteiger partial charge in [-0.25, -0.2) is 0 Å². The summed E-state index contributed by atoms with van der Waals surface area (Å²) in [5, 5.41) is 9.25. The van der Waals surface area contributed by atoms with Crippen LogP contribution in [0.5, 0.6) is 0 Å². The molecule has 0 spiro atoms. The lowest BCUT2D eigenvalue weighted by atomic mass is 10.3. The second-order valence-corrected chi connectivity index (χ2v) is 5.27. The molecule has 4 nitrogen and oxygen atoms in total. The zero-order chi connectivity index (χ0) is 11.5. The normalized spacial score (nSPS) is 12.9. The largest absolute Gasteiger partial charge is 0.340 e. The number of hydrogen-bond acceptors (Lipinski definition) is 5. The molecule has 6 heteroatoms. The molecule has 1 N–H and O–H groups in total. The van der Waals surface area contributed by atoms with Gasteiger partial charge in [0.25, 0.3) is 0 Å². The van der Waals surface area contributed by atoms with E-state index in [0.29, 0.717) is 18.3 Å². The molecule has 1 atom stereocenters. The van der Waals surface area contributed by atoms with Crippen molar-refractivity contribution in [2.24, 2.45) is 0 Å². The van der Waals surface area contributed by atoms with Gasteiger partial charge < -0.3 is 9.84 Å². The van der Waals surface area contributed by atoms with Crippen LogP contribution in [0.25, 0.3) is 0 Å². The van der Waals surface area contributed by atoms with E-state index < -0.39 is 0 Å². The van der Waals surface area contributed by atoms with Gasteiger partial charge in [0.05, 0.1) is 6.54 Å². The Morgan fingerprint density at radius 3 is 3.00 bits per heavy atom. The highest BCUT2D eigenvalue weighted by Gasteiger charge is 2.11. The second-order valence-electron chi connectivity index (χ2n) is 3.47. The van der Waals surface area contributed by atoms with Crippen molar-refractivity contribution in [2.45, 2.75) is 26.4 Å². The third-order valence-electron chi connectivity index (χ3n) is 2.17. The molecule has 86 valence electrons. The highest BCUT2D eigenvalue weighted by atomic mass is 79.9. The van der Waals surface area contributed by atoms with E-state index in [1.807, 2.05) is 0 Å². The summed E-state index contributed by atoms with van der Waals surface area (Å²) in [7, 11) is 0. The summed E-state index contributed by atoms with van der Waals surface area (Å²) >= 11 is 5.24. The van der Waals surface area contributed by atoms with E-state index in [2.05, 4.69) is 49.8 Å². The van der Waals surface area contributed by atoms with Crippen LogP contribution in [0, 0.1) is 6.92 Å². The monoisotopic (exact) mass is 301 g/mol. The second kappa shape index (κ2) is 5.07. The first kappa shape index (κ1) is 11.8. The highest BCUT2D eigenvalue weighted by Crippen LogP contribution is 2.28. The molecule has 0 aliphatic rings. The quantitative estimate of drug-likeness (QED) is 0.943. The molecule has 0 aliphatic heterocycles. The lowest BCUT2D eigenvalue weighted by Gasteiger charge is -2.10. The molecule has 0 saturated heterocycles. The van der Waals surface area contributed by atoms with Gasteiger partial charge in [-0.15, -0.1) is 11.3 Å². The maximum Gasteiger partial charge on any atom is 0.223 e. The smallest absolute Gasteiger partial charge is 0.223 e. The summed E-state index contributed by atoms with van der Waals surface area (Å²) in [4.78, 5) is 5.42. The Morgan fingerprint density at radius 1 is 1.62 bits per heavy atom. The molecule has 0 radical (unpaired) electrons. The van der Waals surface area contributed by atoms with Gasteiger partial charge >= 0.3 is 0 Å². The van der Waals surface area contributed by atoms with Crippen LogP contribution in [0.3, 0.4) is 0 Å². The Kier molecular flexibility index (Phi) is 3.73. The van der Waals surface area contributed by atoms with Crippen LogP contribution in [0.4, 0.5) is 0 Å². The first-order chi connectivity index (χ1) is 7.66. The van der Waals surface area contributed by atoms with Gasteiger partial charge in [-0.2, -0.15) is 4.98 Å². The SMILES string of the molecule is Cc1nc(CNC(C)c2sccc2Br)no1. The molecular formula is C10H12BrN3OS. The topological polar surface area (TPSA) is 51.0 Å². The molecule has 2 heterocycles. The number of hydrogen-bond donors (Lipinski definition) is 1. The molecule has 1 unspecified atom stereocenters. The summed E-state index contributed by atoms with van der Waals surface area (Å²) in [6.45, 7) is 4.52. The average Bonchev–Trinajstić information content (AvgIpc) is 2.84. The molecule has 0 fully saturated rings. The molecule has 0 amide bonds.